The van der Waals surface area contributed by atoms with Crippen molar-refractivity contribution in [1.29, 1.82) is 0 Å². The average Bonchev–Trinajstić information content (AvgIpc) is 2.29. The summed E-state index contributed by atoms with van der Waals surface area (Å²) in [6.45, 7) is 0.695. The Morgan fingerprint density at radius 3 is 2.65 bits per heavy atom. The summed E-state index contributed by atoms with van der Waals surface area (Å²) in [4.78, 5) is 14.7. The van der Waals surface area contributed by atoms with Gasteiger partial charge in [-0.1, -0.05) is 0 Å². The molecule has 0 aliphatic heterocycles. The minimum Gasteiger partial charge on any atom is -0.478 e. The lowest BCUT2D eigenvalue weighted by Gasteiger charge is -2.41. The Bertz CT molecular complexity index is 393. The van der Waals surface area contributed by atoms with Crippen LogP contribution in [0.5, 0.6) is 0 Å². The van der Waals surface area contributed by atoms with Crippen molar-refractivity contribution in [2.75, 3.05) is 6.61 Å². The molecule has 0 radical (unpaired) electrons. The highest BCUT2D eigenvalue weighted by molar-refractivity contribution is 5.87. The molecule has 5 nitrogen and oxygen atoms in total. The zero-order valence-electron chi connectivity index (χ0n) is 9.52. The third-order valence-corrected chi connectivity index (χ3v) is 3.33. The normalized spacial score (nSPS) is 17.5. The number of carbonyl (C=O) groups is 1. The first-order valence-electron chi connectivity index (χ1n) is 5.69. The number of nitrogens with zero attached hydrogens (tertiary/aromatic N) is 1. The van der Waals surface area contributed by atoms with Crippen LogP contribution < -0.4 is 5.32 Å². The minimum atomic E-state index is -0.970. The van der Waals surface area contributed by atoms with Crippen LogP contribution in [-0.4, -0.2) is 33.3 Å². The Morgan fingerprint density at radius 2 is 2.24 bits per heavy atom. The highest BCUT2D eigenvalue weighted by atomic mass is 16.4. The third-order valence-electron chi connectivity index (χ3n) is 3.33. The molecule has 5 heteroatoms. The molecule has 1 saturated carbocycles. The molecule has 1 heterocycles. The van der Waals surface area contributed by atoms with E-state index in [9.17, 15) is 9.90 Å². The van der Waals surface area contributed by atoms with E-state index in [-0.39, 0.29) is 17.7 Å². The van der Waals surface area contributed by atoms with Crippen LogP contribution >= 0.6 is 0 Å². The molecule has 92 valence electrons. The lowest BCUT2D eigenvalue weighted by molar-refractivity contribution is 0.0696. The minimum absolute atomic E-state index is 0.139. The monoisotopic (exact) mass is 236 g/mol. The van der Waals surface area contributed by atoms with Crippen molar-refractivity contribution in [3.8, 4) is 0 Å². The van der Waals surface area contributed by atoms with Gasteiger partial charge in [0, 0.05) is 18.3 Å². The maximum Gasteiger partial charge on any atom is 0.337 e. The van der Waals surface area contributed by atoms with E-state index in [1.807, 2.05) is 0 Å². The molecule has 3 N–H and O–H groups in total. The van der Waals surface area contributed by atoms with Crippen LogP contribution in [0.15, 0.2) is 18.3 Å². The SMILES string of the molecule is O=C(O)c1ccc(CNC2(CO)CCC2)nc1. The number of aromatic carboxylic acids is 1. The van der Waals surface area contributed by atoms with Gasteiger partial charge in [0.2, 0.25) is 0 Å². The fourth-order valence-electron chi connectivity index (χ4n) is 1.93. The zero-order chi connectivity index (χ0) is 12.3. The van der Waals surface area contributed by atoms with E-state index in [2.05, 4.69) is 10.3 Å². The predicted molar refractivity (Wildman–Crippen MR) is 61.7 cm³/mol. The number of rotatable bonds is 5. The van der Waals surface area contributed by atoms with Gasteiger partial charge in [-0.05, 0) is 31.4 Å². The molecule has 0 bridgehead atoms. The summed E-state index contributed by atoms with van der Waals surface area (Å²) in [7, 11) is 0. The molecular formula is C12H16N2O3. The number of pyridine rings is 1. The highest BCUT2D eigenvalue weighted by Gasteiger charge is 2.35. The molecule has 1 aromatic rings. The van der Waals surface area contributed by atoms with Gasteiger partial charge >= 0.3 is 5.97 Å². The number of carboxylic acid groups (broad SMARTS) is 1. The van der Waals surface area contributed by atoms with Crippen molar-refractivity contribution >= 4 is 5.97 Å². The summed E-state index contributed by atoms with van der Waals surface area (Å²) in [5.74, 6) is -0.970. The van der Waals surface area contributed by atoms with Crippen LogP contribution in [0.2, 0.25) is 0 Å². The van der Waals surface area contributed by atoms with Crippen molar-refractivity contribution in [3.63, 3.8) is 0 Å². The molecular weight excluding hydrogens is 220 g/mol. The number of nitrogens with one attached hydrogen (secondary N) is 1. The first-order chi connectivity index (χ1) is 8.15. The van der Waals surface area contributed by atoms with E-state index in [1.54, 1.807) is 12.1 Å². The number of hydrogen-bond donors (Lipinski definition) is 3. The number of hydrogen-bond acceptors (Lipinski definition) is 4. The topological polar surface area (TPSA) is 82.5 Å². The number of aromatic nitrogens is 1. The lowest BCUT2D eigenvalue weighted by atomic mass is 9.77. The quantitative estimate of drug-likeness (QED) is 0.704. The smallest absolute Gasteiger partial charge is 0.337 e. The molecule has 0 saturated heterocycles. The van der Waals surface area contributed by atoms with E-state index < -0.39 is 5.97 Å². The maximum absolute atomic E-state index is 10.6. The van der Waals surface area contributed by atoms with Crippen molar-refractivity contribution in [2.45, 2.75) is 31.3 Å². The summed E-state index contributed by atoms with van der Waals surface area (Å²) < 4.78 is 0. The van der Waals surface area contributed by atoms with E-state index >= 15 is 0 Å². The van der Waals surface area contributed by atoms with Gasteiger partial charge in [0.05, 0.1) is 17.9 Å². The van der Waals surface area contributed by atoms with Crippen LogP contribution in [0, 0.1) is 0 Å². The van der Waals surface area contributed by atoms with Gasteiger partial charge in [-0.3, -0.25) is 4.98 Å². The summed E-state index contributed by atoms with van der Waals surface area (Å²) in [6, 6.07) is 3.24. The van der Waals surface area contributed by atoms with Gasteiger partial charge in [-0.25, -0.2) is 4.79 Å². The van der Waals surface area contributed by atoms with E-state index in [0.717, 1.165) is 25.0 Å². The van der Waals surface area contributed by atoms with Gasteiger partial charge in [0.15, 0.2) is 0 Å². The van der Waals surface area contributed by atoms with Crippen LogP contribution in [0.4, 0.5) is 0 Å². The van der Waals surface area contributed by atoms with Crippen LogP contribution in [0.3, 0.4) is 0 Å². The van der Waals surface area contributed by atoms with Gasteiger partial charge in [0.25, 0.3) is 0 Å². The molecule has 0 aromatic carbocycles. The number of carboxylic acids is 1. The van der Waals surface area contributed by atoms with Crippen molar-refractivity contribution < 1.29 is 15.0 Å². The predicted octanol–water partition coefficient (Wildman–Crippen LogP) is 0.784. The molecule has 1 aliphatic carbocycles. The van der Waals surface area contributed by atoms with Crippen molar-refractivity contribution in [2.24, 2.45) is 0 Å². The average molecular weight is 236 g/mol. The molecule has 0 spiro atoms. The summed E-state index contributed by atoms with van der Waals surface area (Å²) >= 11 is 0. The molecule has 1 aromatic heterocycles. The maximum atomic E-state index is 10.6. The molecule has 0 atom stereocenters. The second-order valence-electron chi connectivity index (χ2n) is 4.49. The van der Waals surface area contributed by atoms with Gasteiger partial charge in [0.1, 0.15) is 0 Å². The van der Waals surface area contributed by atoms with E-state index in [1.165, 1.54) is 6.20 Å². The van der Waals surface area contributed by atoms with Crippen molar-refractivity contribution in [3.05, 3.63) is 29.6 Å². The summed E-state index contributed by atoms with van der Waals surface area (Å²) in [6.07, 6.45) is 4.46. The number of aliphatic hydroxyl groups excluding tert-OH is 1. The van der Waals surface area contributed by atoms with E-state index in [0.29, 0.717) is 6.54 Å². The lowest BCUT2D eigenvalue weighted by Crippen LogP contribution is -2.53. The Balaban J connectivity index is 1.93. The number of aliphatic hydroxyl groups is 1. The standard InChI is InChI=1S/C12H16N2O3/c15-8-12(4-1-5-12)14-7-10-3-2-9(6-13-10)11(16)17/h2-3,6,14-15H,1,4-5,7-8H2,(H,16,17). The molecule has 1 aliphatic rings. The highest BCUT2D eigenvalue weighted by Crippen LogP contribution is 2.31. The Morgan fingerprint density at radius 1 is 1.47 bits per heavy atom. The largest absolute Gasteiger partial charge is 0.478 e. The Kier molecular flexibility index (Phi) is 3.40. The second kappa shape index (κ2) is 4.81. The van der Waals surface area contributed by atoms with Gasteiger partial charge < -0.3 is 15.5 Å². The second-order valence-corrected chi connectivity index (χ2v) is 4.49. The molecule has 17 heavy (non-hydrogen) atoms. The van der Waals surface area contributed by atoms with Crippen LogP contribution in [0.1, 0.15) is 35.3 Å². The summed E-state index contributed by atoms with van der Waals surface area (Å²) in [5.41, 5.74) is 0.830. The summed E-state index contributed by atoms with van der Waals surface area (Å²) in [5, 5.41) is 21.3. The van der Waals surface area contributed by atoms with Crippen molar-refractivity contribution in [1.82, 2.24) is 10.3 Å². The first-order valence-corrected chi connectivity index (χ1v) is 5.69. The third kappa shape index (κ3) is 2.62. The van der Waals surface area contributed by atoms with Crippen LogP contribution in [0.25, 0.3) is 0 Å². The Hall–Kier alpha value is -1.46. The molecule has 0 unspecified atom stereocenters. The fourth-order valence-corrected chi connectivity index (χ4v) is 1.93. The molecule has 0 amide bonds. The first kappa shape index (κ1) is 12.0. The Labute approximate surface area is 99.5 Å². The molecule has 1 fully saturated rings. The fraction of sp³-hybridized carbons (Fsp3) is 0.500. The van der Waals surface area contributed by atoms with Gasteiger partial charge in [-0.15, -0.1) is 0 Å². The van der Waals surface area contributed by atoms with E-state index in [4.69, 9.17) is 5.11 Å². The molecule has 2 rings (SSSR count). The van der Waals surface area contributed by atoms with Crippen LogP contribution in [-0.2, 0) is 6.54 Å². The van der Waals surface area contributed by atoms with Gasteiger partial charge in [-0.2, -0.15) is 0 Å². The zero-order valence-corrected chi connectivity index (χ0v) is 9.52.